The summed E-state index contributed by atoms with van der Waals surface area (Å²) in [5.74, 6) is 1.92. The fourth-order valence-electron chi connectivity index (χ4n) is 4.76. The predicted molar refractivity (Wildman–Crippen MR) is 97.1 cm³/mol. The van der Waals surface area contributed by atoms with Crippen LogP contribution in [0.1, 0.15) is 63.4 Å². The Labute approximate surface area is 206 Å². The maximum Gasteiger partial charge on any atom is 1.00 e. The van der Waals surface area contributed by atoms with E-state index in [1.165, 1.54) is 57.4 Å². The van der Waals surface area contributed by atoms with Gasteiger partial charge in [0.1, 0.15) is 17.7 Å². The molecule has 0 radical (unpaired) electrons. The molecule has 26 heavy (non-hydrogen) atoms. The zero-order valence-corrected chi connectivity index (χ0v) is 21.0. The Hall–Kier alpha value is 0.715. The van der Waals surface area contributed by atoms with Crippen LogP contribution in [0.15, 0.2) is 18.2 Å². The van der Waals surface area contributed by atoms with Gasteiger partial charge in [-0.2, -0.15) is 12.8 Å². The van der Waals surface area contributed by atoms with Crippen LogP contribution in [-0.2, 0) is 11.2 Å². The van der Waals surface area contributed by atoms with Crippen molar-refractivity contribution in [3.05, 3.63) is 36.0 Å². The summed E-state index contributed by atoms with van der Waals surface area (Å²) in [4.78, 5) is 0. The number of aryl methyl sites for hydroxylation is 1. The van der Waals surface area contributed by atoms with Gasteiger partial charge in [0.25, 0.3) is 0 Å². The second-order valence-electron chi connectivity index (χ2n) is 8.13. The molecule has 4 heteroatoms. The molecule has 3 aliphatic rings. The number of hydrogen-bond acceptors (Lipinski definition) is 2. The van der Waals surface area contributed by atoms with Gasteiger partial charge >= 0.3 is 58.2 Å². The second-order valence-corrected chi connectivity index (χ2v) is 8.13. The molecular weight excluding hydrogens is 401 g/mol. The third kappa shape index (κ3) is 5.62. The molecule has 2 fully saturated rings. The maximum atomic E-state index is 13.5. The van der Waals surface area contributed by atoms with E-state index in [9.17, 15) is 4.39 Å². The first kappa shape index (κ1) is 21.4. The van der Waals surface area contributed by atoms with Gasteiger partial charge in [-0.15, -0.1) is 0 Å². The van der Waals surface area contributed by atoms with Crippen LogP contribution in [0.4, 0.5) is 4.39 Å². The second kappa shape index (κ2) is 10.5. The molecule has 4 rings (SSSR count). The molecule has 2 aliphatic carbocycles. The van der Waals surface area contributed by atoms with Gasteiger partial charge < -0.3 is 15.9 Å². The van der Waals surface area contributed by atoms with E-state index in [4.69, 9.17) is 9.47 Å². The summed E-state index contributed by atoms with van der Waals surface area (Å²) < 4.78 is 25.8. The Morgan fingerprint density at radius 3 is 2.58 bits per heavy atom. The van der Waals surface area contributed by atoms with Gasteiger partial charge in [0.05, 0.1) is 6.10 Å². The van der Waals surface area contributed by atoms with Crippen LogP contribution in [-0.4, -0.2) is 18.8 Å². The molecule has 0 spiro atoms. The predicted octanol–water partition coefficient (Wildman–Crippen LogP) is 2.49. The summed E-state index contributed by atoms with van der Waals surface area (Å²) in [5, 5.41) is 0. The monoisotopic (exact) mass is 430 g/mol. The number of halogens is 1. The van der Waals surface area contributed by atoms with Crippen LogP contribution in [0, 0.1) is 24.1 Å². The molecule has 0 amide bonds. The van der Waals surface area contributed by atoms with Crippen molar-refractivity contribution in [3.8, 4) is 5.75 Å². The average Bonchev–Trinajstić information content (AvgIpc) is 2.67. The number of ether oxygens (including phenoxy) is 2. The molecular formula is C22H30FO2Rb. The van der Waals surface area contributed by atoms with Crippen molar-refractivity contribution >= 4 is 0 Å². The number of benzene rings is 1. The van der Waals surface area contributed by atoms with E-state index >= 15 is 0 Å². The molecule has 0 saturated heterocycles. The summed E-state index contributed by atoms with van der Waals surface area (Å²) in [6.07, 6.45) is 15.0. The Morgan fingerprint density at radius 2 is 1.81 bits per heavy atom. The van der Waals surface area contributed by atoms with Crippen LogP contribution in [0.3, 0.4) is 0 Å². The van der Waals surface area contributed by atoms with Crippen molar-refractivity contribution in [2.75, 3.05) is 6.61 Å². The average molecular weight is 431 g/mol. The van der Waals surface area contributed by atoms with E-state index < -0.39 is 0 Å². The van der Waals surface area contributed by atoms with E-state index in [2.05, 4.69) is 6.42 Å². The van der Waals surface area contributed by atoms with Crippen molar-refractivity contribution in [2.24, 2.45) is 11.8 Å². The van der Waals surface area contributed by atoms with E-state index in [-0.39, 0.29) is 70.1 Å². The molecule has 1 heterocycles. The quantitative estimate of drug-likeness (QED) is 0.683. The molecule has 0 bridgehead atoms. The van der Waals surface area contributed by atoms with Crippen LogP contribution in [0.25, 0.3) is 0 Å². The zero-order valence-electron chi connectivity index (χ0n) is 16.1. The van der Waals surface area contributed by atoms with Gasteiger partial charge in [-0.25, -0.2) is 4.39 Å². The van der Waals surface area contributed by atoms with Crippen LogP contribution < -0.4 is 62.9 Å². The number of rotatable bonds is 4. The molecule has 0 aromatic heterocycles. The molecule has 1 aromatic carbocycles. The maximum absolute atomic E-state index is 13.5. The van der Waals surface area contributed by atoms with Crippen LogP contribution in [0.5, 0.6) is 5.75 Å². The minimum atomic E-state index is -0.194. The first-order chi connectivity index (χ1) is 12.3. The molecule has 0 N–H and O–H groups in total. The number of hydrogen-bond donors (Lipinski definition) is 0. The molecule has 1 atom stereocenters. The smallest absolute Gasteiger partial charge is 0.490 e. The number of fused-ring (bicyclic) bond motifs is 1. The van der Waals surface area contributed by atoms with Gasteiger partial charge in [-0.3, -0.25) is 0 Å². The third-order valence-corrected chi connectivity index (χ3v) is 6.38. The van der Waals surface area contributed by atoms with Gasteiger partial charge in [0.2, 0.25) is 0 Å². The fraction of sp³-hybridized carbons (Fsp3) is 0.682. The minimum Gasteiger partial charge on any atom is -0.490 e. The van der Waals surface area contributed by atoms with Gasteiger partial charge in [0.15, 0.2) is 0 Å². The van der Waals surface area contributed by atoms with Crippen molar-refractivity contribution in [1.29, 1.82) is 0 Å². The Morgan fingerprint density at radius 1 is 1.04 bits per heavy atom. The Bertz CT molecular complexity index is 565. The van der Waals surface area contributed by atoms with E-state index in [1.54, 1.807) is 6.07 Å². The van der Waals surface area contributed by atoms with Gasteiger partial charge in [0, 0.05) is 12.7 Å². The first-order valence-corrected chi connectivity index (χ1v) is 10.2. The zero-order chi connectivity index (χ0) is 17.1. The van der Waals surface area contributed by atoms with Crippen LogP contribution >= 0.6 is 0 Å². The SMILES string of the molecule is Fc1ccc2c(c1)OC(C1CCC(COC3CC[CH-]CC3)CC1)CC2.[Rb+]. The van der Waals surface area contributed by atoms with Crippen molar-refractivity contribution in [1.82, 2.24) is 0 Å². The molecule has 1 aromatic rings. The summed E-state index contributed by atoms with van der Waals surface area (Å²) in [7, 11) is 0. The minimum absolute atomic E-state index is 0. The van der Waals surface area contributed by atoms with Crippen LogP contribution in [0.2, 0.25) is 0 Å². The summed E-state index contributed by atoms with van der Waals surface area (Å²) >= 11 is 0. The molecule has 1 aliphatic heterocycles. The van der Waals surface area contributed by atoms with E-state index in [0.29, 0.717) is 12.0 Å². The van der Waals surface area contributed by atoms with E-state index in [1.807, 2.05) is 6.07 Å². The summed E-state index contributed by atoms with van der Waals surface area (Å²) in [6.45, 7) is 0.941. The standard InChI is InChI=1S/C22H30FO2.Rb/c23-19-12-10-18-11-13-21(25-22(18)14-19)17-8-6-16(7-9-17)15-24-20-4-2-1-3-5-20;/h1,10,12,14,16-17,20-21H,2-9,11,13,15H2;/q-1;+1. The molecule has 138 valence electrons. The Balaban J connectivity index is 0.00000196. The van der Waals surface area contributed by atoms with Crippen molar-refractivity contribution in [2.45, 2.75) is 76.4 Å². The molecule has 1 unspecified atom stereocenters. The van der Waals surface area contributed by atoms with Crippen molar-refractivity contribution < 1.29 is 72.1 Å². The third-order valence-electron chi connectivity index (χ3n) is 6.38. The van der Waals surface area contributed by atoms with Gasteiger partial charge in [-0.1, -0.05) is 18.9 Å². The summed E-state index contributed by atoms with van der Waals surface area (Å²) in [6, 6.07) is 4.97. The van der Waals surface area contributed by atoms with Crippen molar-refractivity contribution in [3.63, 3.8) is 0 Å². The Kier molecular flexibility index (Phi) is 8.64. The molecule has 2 saturated carbocycles. The van der Waals surface area contributed by atoms with E-state index in [0.717, 1.165) is 36.7 Å². The largest absolute Gasteiger partial charge is 1.00 e. The normalized spacial score (nSPS) is 29.3. The fourth-order valence-corrected chi connectivity index (χ4v) is 4.76. The topological polar surface area (TPSA) is 18.5 Å². The summed E-state index contributed by atoms with van der Waals surface area (Å²) in [5.41, 5.74) is 1.16. The first-order valence-electron chi connectivity index (χ1n) is 10.2. The molecule has 2 nitrogen and oxygen atoms in total. The van der Waals surface area contributed by atoms with Gasteiger partial charge in [-0.05, 0) is 62.0 Å².